The molecule has 0 bridgehead atoms. The Morgan fingerprint density at radius 3 is 2.46 bits per heavy atom. The van der Waals surface area contributed by atoms with E-state index < -0.39 is 6.04 Å². The zero-order valence-corrected chi connectivity index (χ0v) is 14.4. The van der Waals surface area contributed by atoms with Gasteiger partial charge in [0.15, 0.2) is 0 Å². The first-order chi connectivity index (χ1) is 12.6. The van der Waals surface area contributed by atoms with Crippen molar-refractivity contribution in [2.75, 3.05) is 0 Å². The van der Waals surface area contributed by atoms with E-state index in [1.165, 1.54) is 0 Å². The van der Waals surface area contributed by atoms with Crippen molar-refractivity contribution in [3.63, 3.8) is 0 Å². The van der Waals surface area contributed by atoms with Gasteiger partial charge in [0.2, 0.25) is 5.91 Å². The van der Waals surface area contributed by atoms with Crippen LogP contribution in [0.1, 0.15) is 23.0 Å². The maximum Gasteiger partial charge on any atom is 0.251 e. The topological polar surface area (TPSA) is 71.3 Å². The Kier molecular flexibility index (Phi) is 5.49. The van der Waals surface area contributed by atoms with Crippen molar-refractivity contribution in [2.45, 2.75) is 19.5 Å². The molecule has 2 amide bonds. The van der Waals surface area contributed by atoms with Crippen LogP contribution < -0.4 is 10.6 Å². The zero-order chi connectivity index (χ0) is 18.4. The number of amides is 2. The number of furan rings is 1. The fourth-order valence-electron chi connectivity index (χ4n) is 2.56. The lowest BCUT2D eigenvalue weighted by Crippen LogP contribution is -2.44. The van der Waals surface area contributed by atoms with E-state index in [1.807, 2.05) is 48.5 Å². The molecule has 0 saturated heterocycles. The Morgan fingerprint density at radius 1 is 0.962 bits per heavy atom. The third-order valence-corrected chi connectivity index (χ3v) is 3.99. The first-order valence-corrected chi connectivity index (χ1v) is 8.40. The van der Waals surface area contributed by atoms with Gasteiger partial charge in [-0.25, -0.2) is 0 Å². The summed E-state index contributed by atoms with van der Waals surface area (Å²) in [6.45, 7) is 1.94. The minimum absolute atomic E-state index is 0.269. The van der Waals surface area contributed by atoms with E-state index >= 15 is 0 Å². The molecule has 1 heterocycles. The first kappa shape index (κ1) is 17.5. The molecule has 0 fully saturated rings. The zero-order valence-electron chi connectivity index (χ0n) is 14.4. The summed E-state index contributed by atoms with van der Waals surface area (Å²) in [5.41, 5.74) is 2.50. The van der Waals surface area contributed by atoms with Crippen LogP contribution in [-0.2, 0) is 11.3 Å². The molecule has 0 spiro atoms. The maximum absolute atomic E-state index is 12.5. The van der Waals surface area contributed by atoms with Crippen LogP contribution in [0.2, 0.25) is 0 Å². The SMILES string of the molecule is C[C@H](NC(=O)c1cccc(-c2ccccc2)c1)C(=O)NCc1ccco1. The minimum Gasteiger partial charge on any atom is -0.467 e. The van der Waals surface area contributed by atoms with Crippen molar-refractivity contribution >= 4 is 11.8 Å². The van der Waals surface area contributed by atoms with Crippen molar-refractivity contribution in [2.24, 2.45) is 0 Å². The standard InChI is InChI=1S/C21H20N2O3/c1-15(20(24)22-14-19-11-6-12-26-19)23-21(25)18-10-5-9-17(13-18)16-7-3-2-4-8-16/h2-13,15H,14H2,1H3,(H,22,24)(H,23,25)/t15-/m0/s1. The fraction of sp³-hybridized carbons (Fsp3) is 0.143. The minimum atomic E-state index is -0.655. The maximum atomic E-state index is 12.5. The van der Waals surface area contributed by atoms with Crippen LogP contribution >= 0.6 is 0 Å². The van der Waals surface area contributed by atoms with E-state index in [0.29, 0.717) is 11.3 Å². The molecule has 5 nitrogen and oxygen atoms in total. The highest BCUT2D eigenvalue weighted by molar-refractivity contribution is 5.98. The third-order valence-electron chi connectivity index (χ3n) is 3.99. The average Bonchev–Trinajstić information content (AvgIpc) is 3.20. The molecule has 3 rings (SSSR count). The van der Waals surface area contributed by atoms with E-state index in [9.17, 15) is 9.59 Å². The Hall–Kier alpha value is -3.34. The number of nitrogens with one attached hydrogen (secondary N) is 2. The van der Waals surface area contributed by atoms with Gasteiger partial charge in [-0.3, -0.25) is 9.59 Å². The highest BCUT2D eigenvalue weighted by Crippen LogP contribution is 2.20. The lowest BCUT2D eigenvalue weighted by molar-refractivity contribution is -0.122. The molecule has 0 saturated carbocycles. The molecule has 0 aliphatic heterocycles. The fourth-order valence-corrected chi connectivity index (χ4v) is 2.56. The van der Waals surface area contributed by atoms with Gasteiger partial charge in [0.1, 0.15) is 11.8 Å². The van der Waals surface area contributed by atoms with Crippen LogP contribution in [0.3, 0.4) is 0 Å². The molecule has 5 heteroatoms. The van der Waals surface area contributed by atoms with Crippen molar-refractivity contribution in [3.8, 4) is 11.1 Å². The number of hydrogen-bond donors (Lipinski definition) is 2. The first-order valence-electron chi connectivity index (χ1n) is 8.40. The molecular weight excluding hydrogens is 328 g/mol. The van der Waals surface area contributed by atoms with Crippen LogP contribution in [0.4, 0.5) is 0 Å². The predicted octanol–water partition coefficient (Wildman–Crippen LogP) is 3.38. The Balaban J connectivity index is 1.61. The molecule has 2 N–H and O–H groups in total. The molecule has 0 radical (unpaired) electrons. The van der Waals surface area contributed by atoms with Gasteiger partial charge >= 0.3 is 0 Å². The van der Waals surface area contributed by atoms with Crippen molar-refractivity contribution in [3.05, 3.63) is 84.3 Å². The second-order valence-electron chi connectivity index (χ2n) is 5.94. The largest absolute Gasteiger partial charge is 0.467 e. The van der Waals surface area contributed by atoms with Gasteiger partial charge in [0.05, 0.1) is 12.8 Å². The Morgan fingerprint density at radius 2 is 1.73 bits per heavy atom. The number of benzene rings is 2. The number of hydrogen-bond acceptors (Lipinski definition) is 3. The second kappa shape index (κ2) is 8.16. The number of rotatable bonds is 6. The van der Waals surface area contributed by atoms with Gasteiger partial charge < -0.3 is 15.1 Å². The van der Waals surface area contributed by atoms with Crippen molar-refractivity contribution in [1.82, 2.24) is 10.6 Å². The molecule has 1 aromatic heterocycles. The molecule has 0 aliphatic rings. The summed E-state index contributed by atoms with van der Waals surface area (Å²) in [4.78, 5) is 24.6. The van der Waals surface area contributed by atoms with Crippen molar-refractivity contribution in [1.29, 1.82) is 0 Å². The predicted molar refractivity (Wildman–Crippen MR) is 99.4 cm³/mol. The van der Waals surface area contributed by atoms with Gasteiger partial charge in [-0.2, -0.15) is 0 Å². The smallest absolute Gasteiger partial charge is 0.251 e. The van der Waals surface area contributed by atoms with Gasteiger partial charge in [-0.05, 0) is 42.3 Å². The lowest BCUT2D eigenvalue weighted by Gasteiger charge is -2.14. The summed E-state index contributed by atoms with van der Waals surface area (Å²) in [5.74, 6) is 0.102. The molecule has 26 heavy (non-hydrogen) atoms. The van der Waals surface area contributed by atoms with E-state index in [1.54, 1.807) is 31.4 Å². The average molecular weight is 348 g/mol. The van der Waals surface area contributed by atoms with Crippen molar-refractivity contribution < 1.29 is 14.0 Å². The van der Waals surface area contributed by atoms with E-state index in [-0.39, 0.29) is 18.4 Å². The van der Waals surface area contributed by atoms with E-state index in [2.05, 4.69) is 10.6 Å². The number of carbonyl (C=O) groups is 2. The van der Waals surface area contributed by atoms with Gasteiger partial charge in [0, 0.05) is 5.56 Å². The summed E-state index contributed by atoms with van der Waals surface area (Å²) < 4.78 is 5.17. The molecule has 0 aliphatic carbocycles. The van der Waals surface area contributed by atoms with Crippen LogP contribution in [0.15, 0.2) is 77.4 Å². The molecular formula is C21H20N2O3. The molecule has 132 valence electrons. The number of carbonyl (C=O) groups excluding carboxylic acids is 2. The Bertz CT molecular complexity index is 873. The van der Waals surface area contributed by atoms with Crippen LogP contribution in [-0.4, -0.2) is 17.9 Å². The normalized spacial score (nSPS) is 11.6. The molecule has 1 atom stereocenters. The van der Waals surface area contributed by atoms with Gasteiger partial charge in [0.25, 0.3) is 5.91 Å². The highest BCUT2D eigenvalue weighted by Gasteiger charge is 2.17. The summed E-state index contributed by atoms with van der Waals surface area (Å²) in [7, 11) is 0. The summed E-state index contributed by atoms with van der Waals surface area (Å²) in [6.07, 6.45) is 1.55. The monoisotopic (exact) mass is 348 g/mol. The molecule has 2 aromatic carbocycles. The highest BCUT2D eigenvalue weighted by atomic mass is 16.3. The molecule has 0 unspecified atom stereocenters. The van der Waals surface area contributed by atoms with Gasteiger partial charge in [-0.15, -0.1) is 0 Å². The van der Waals surface area contributed by atoms with Crippen LogP contribution in [0, 0.1) is 0 Å². The summed E-state index contributed by atoms with van der Waals surface area (Å²) in [6, 6.07) is 20.0. The lowest BCUT2D eigenvalue weighted by atomic mass is 10.0. The summed E-state index contributed by atoms with van der Waals surface area (Å²) >= 11 is 0. The Labute approximate surface area is 152 Å². The summed E-state index contributed by atoms with van der Waals surface area (Å²) in [5, 5.41) is 5.45. The second-order valence-corrected chi connectivity index (χ2v) is 5.94. The van der Waals surface area contributed by atoms with Gasteiger partial charge in [-0.1, -0.05) is 42.5 Å². The quantitative estimate of drug-likeness (QED) is 0.717. The third kappa shape index (κ3) is 4.39. The molecule has 3 aromatic rings. The van der Waals surface area contributed by atoms with Crippen LogP contribution in [0.5, 0.6) is 0 Å². The van der Waals surface area contributed by atoms with Crippen LogP contribution in [0.25, 0.3) is 11.1 Å². The van der Waals surface area contributed by atoms with E-state index in [0.717, 1.165) is 11.1 Å². The van der Waals surface area contributed by atoms with E-state index in [4.69, 9.17) is 4.42 Å².